The van der Waals surface area contributed by atoms with Crippen LogP contribution in [0.2, 0.25) is 0 Å². The van der Waals surface area contributed by atoms with Gasteiger partial charge in [-0.05, 0) is 19.8 Å². The van der Waals surface area contributed by atoms with Crippen molar-refractivity contribution in [2.75, 3.05) is 13.1 Å². The lowest BCUT2D eigenvalue weighted by Gasteiger charge is -2.44. The summed E-state index contributed by atoms with van der Waals surface area (Å²) in [6.07, 6.45) is 4.88. The van der Waals surface area contributed by atoms with Gasteiger partial charge in [0, 0.05) is 24.3 Å². The number of rotatable bonds is 5. The number of thiol groups is 1. The molecule has 2 atom stereocenters. The minimum absolute atomic E-state index is 0.103. The Balaban J connectivity index is 2.09. The van der Waals surface area contributed by atoms with E-state index in [1.807, 2.05) is 37.3 Å². The molecule has 0 radical (unpaired) electrons. The highest BCUT2D eigenvalue weighted by atomic mass is 32.1. The maximum absolute atomic E-state index is 13.4. The molecule has 0 aromatic heterocycles. The summed E-state index contributed by atoms with van der Waals surface area (Å²) in [5, 5.41) is -0.314. The van der Waals surface area contributed by atoms with Gasteiger partial charge in [0.15, 0.2) is 0 Å². The molecule has 134 valence electrons. The van der Waals surface area contributed by atoms with Gasteiger partial charge >= 0.3 is 5.91 Å². The number of carbonyl (C=O) groups is 3. The van der Waals surface area contributed by atoms with Gasteiger partial charge in [-0.1, -0.05) is 55.8 Å². The molecule has 1 amide bonds. The molecule has 1 saturated heterocycles. The summed E-state index contributed by atoms with van der Waals surface area (Å²) >= 11 is 4.21. The third-order valence-electron chi connectivity index (χ3n) is 6.28. The molecule has 1 aromatic carbocycles. The number of nitrogens with zero attached hydrogens (tertiary/aromatic N) is 1. The molecule has 25 heavy (non-hydrogen) atoms. The maximum atomic E-state index is 13.4. The van der Waals surface area contributed by atoms with Crippen LogP contribution in [0.3, 0.4) is 0 Å². The quantitative estimate of drug-likeness (QED) is 0.498. The van der Waals surface area contributed by atoms with Gasteiger partial charge in [-0.2, -0.15) is 0 Å². The Morgan fingerprint density at radius 1 is 1.12 bits per heavy atom. The van der Waals surface area contributed by atoms with Crippen molar-refractivity contribution < 1.29 is 18.9 Å². The van der Waals surface area contributed by atoms with Crippen molar-refractivity contribution in [3.8, 4) is 0 Å². The predicted octanol–water partition coefficient (Wildman–Crippen LogP) is 3.25. The molecule has 3 rings (SSSR count). The number of hydrogen-bond acceptors (Lipinski definition) is 3. The van der Waals surface area contributed by atoms with E-state index >= 15 is 0 Å². The first kappa shape index (κ1) is 18.3. The Kier molecular flexibility index (Phi) is 5.16. The van der Waals surface area contributed by atoms with Crippen LogP contribution in [0.25, 0.3) is 0 Å². The van der Waals surface area contributed by atoms with Crippen LogP contribution in [0.4, 0.5) is 0 Å². The second kappa shape index (κ2) is 7.04. The lowest BCUT2D eigenvalue weighted by atomic mass is 9.85. The number of ketones is 1. The highest BCUT2D eigenvalue weighted by Crippen LogP contribution is 2.47. The third kappa shape index (κ3) is 2.68. The fourth-order valence-corrected chi connectivity index (χ4v) is 5.38. The SMILES string of the molecule is CC[N+]1(C(=O)C(=O)C2CCCC2)CCCC1(C(=O)S)c1ccccc1. The Morgan fingerprint density at radius 3 is 2.32 bits per heavy atom. The molecule has 5 heteroatoms. The molecule has 1 aliphatic heterocycles. The van der Waals surface area contributed by atoms with E-state index in [0.717, 1.165) is 37.7 Å². The molecule has 1 heterocycles. The normalized spacial score (nSPS) is 29.7. The number of quaternary nitrogens is 1. The minimum atomic E-state index is -1.05. The first-order valence-corrected chi connectivity index (χ1v) is 9.69. The number of amides is 1. The Morgan fingerprint density at radius 2 is 1.76 bits per heavy atom. The van der Waals surface area contributed by atoms with Crippen LogP contribution in [0.15, 0.2) is 30.3 Å². The van der Waals surface area contributed by atoms with Crippen LogP contribution in [0, 0.1) is 5.92 Å². The molecule has 1 aliphatic carbocycles. The lowest BCUT2D eigenvalue weighted by Crippen LogP contribution is -2.66. The fourth-order valence-electron chi connectivity index (χ4n) is 4.95. The number of likely N-dealkylation sites (tertiary alicyclic amines) is 1. The van der Waals surface area contributed by atoms with Crippen molar-refractivity contribution in [2.24, 2.45) is 5.92 Å². The smallest absolute Gasteiger partial charge is 0.284 e. The summed E-state index contributed by atoms with van der Waals surface area (Å²) < 4.78 is -0.103. The van der Waals surface area contributed by atoms with Crippen molar-refractivity contribution in [1.29, 1.82) is 0 Å². The van der Waals surface area contributed by atoms with E-state index in [4.69, 9.17) is 0 Å². The highest BCUT2D eigenvalue weighted by Gasteiger charge is 2.64. The summed E-state index contributed by atoms with van der Waals surface area (Å²) in [7, 11) is 0. The van der Waals surface area contributed by atoms with Crippen LogP contribution in [-0.4, -0.2) is 34.4 Å². The number of carbonyl (C=O) groups excluding carboxylic acids is 3. The number of hydrogen-bond donors (Lipinski definition) is 1. The molecule has 2 unspecified atom stereocenters. The predicted molar refractivity (Wildman–Crippen MR) is 99.0 cm³/mol. The second-order valence-corrected chi connectivity index (χ2v) is 7.70. The molecule has 2 fully saturated rings. The van der Waals surface area contributed by atoms with E-state index < -0.39 is 11.4 Å². The van der Waals surface area contributed by atoms with Crippen LogP contribution < -0.4 is 0 Å². The number of benzene rings is 1. The van der Waals surface area contributed by atoms with Gasteiger partial charge in [-0.3, -0.25) is 9.59 Å². The van der Waals surface area contributed by atoms with Crippen molar-refractivity contribution in [3.05, 3.63) is 35.9 Å². The Labute approximate surface area is 154 Å². The summed E-state index contributed by atoms with van der Waals surface area (Å²) in [5.41, 5.74) is -0.258. The molecule has 1 saturated carbocycles. The number of likely N-dealkylation sites (N-methyl/N-ethyl adjacent to an activating group) is 1. The van der Waals surface area contributed by atoms with Gasteiger partial charge in [0.1, 0.15) is 0 Å². The summed E-state index contributed by atoms with van der Waals surface area (Å²) in [5.74, 6) is -0.840. The van der Waals surface area contributed by atoms with Gasteiger partial charge in [-0.15, -0.1) is 0 Å². The van der Waals surface area contributed by atoms with E-state index in [0.29, 0.717) is 19.5 Å². The molecule has 4 nitrogen and oxygen atoms in total. The third-order valence-corrected chi connectivity index (χ3v) is 6.65. The highest BCUT2D eigenvalue weighted by molar-refractivity contribution is 7.96. The lowest BCUT2D eigenvalue weighted by molar-refractivity contribution is -0.884. The second-order valence-electron chi connectivity index (χ2n) is 7.29. The van der Waals surface area contributed by atoms with Crippen molar-refractivity contribution in [2.45, 2.75) is 51.0 Å². The van der Waals surface area contributed by atoms with E-state index in [-0.39, 0.29) is 21.3 Å². The van der Waals surface area contributed by atoms with Crippen LogP contribution in [-0.2, 0) is 19.9 Å². The van der Waals surface area contributed by atoms with Gasteiger partial charge < -0.3 is 0 Å². The fraction of sp³-hybridized carbons (Fsp3) is 0.550. The Bertz CT molecular complexity index is 683. The summed E-state index contributed by atoms with van der Waals surface area (Å²) in [4.78, 5) is 39.1. The molecule has 2 aliphatic rings. The summed E-state index contributed by atoms with van der Waals surface area (Å²) in [6.45, 7) is 2.85. The maximum Gasteiger partial charge on any atom is 0.383 e. The zero-order valence-corrected chi connectivity index (χ0v) is 15.6. The van der Waals surface area contributed by atoms with Gasteiger partial charge in [0.05, 0.1) is 13.1 Å². The molecule has 1 aromatic rings. The zero-order chi connectivity index (χ0) is 18.1. The topological polar surface area (TPSA) is 51.2 Å². The monoisotopic (exact) mass is 360 g/mol. The van der Waals surface area contributed by atoms with Crippen LogP contribution in [0.1, 0.15) is 51.0 Å². The minimum Gasteiger partial charge on any atom is -0.284 e. The standard InChI is InChI=1S/C20H25NO3S/c1-2-21(18(23)17(22)15-9-6-7-10-15)14-8-13-20(21,19(24)25)16-11-4-3-5-12-16/h3-5,11-12,15H,2,6-10,13-14H2,1H3/p+1. The van der Waals surface area contributed by atoms with Crippen molar-refractivity contribution in [1.82, 2.24) is 0 Å². The molecule has 0 bridgehead atoms. The molecular formula is C20H26NO3S+. The van der Waals surface area contributed by atoms with Gasteiger partial charge in [-0.25, -0.2) is 9.28 Å². The van der Waals surface area contributed by atoms with Gasteiger partial charge in [0.25, 0.3) is 10.9 Å². The largest absolute Gasteiger partial charge is 0.383 e. The van der Waals surface area contributed by atoms with Crippen LogP contribution in [0.5, 0.6) is 0 Å². The summed E-state index contributed by atoms with van der Waals surface area (Å²) in [6, 6.07) is 9.41. The first-order valence-electron chi connectivity index (χ1n) is 9.24. The van der Waals surface area contributed by atoms with Crippen molar-refractivity contribution >= 4 is 29.4 Å². The van der Waals surface area contributed by atoms with Crippen molar-refractivity contribution in [3.63, 3.8) is 0 Å². The van der Waals surface area contributed by atoms with E-state index in [1.165, 1.54) is 0 Å². The molecule has 0 N–H and O–H groups in total. The molecular weight excluding hydrogens is 334 g/mol. The molecule has 0 spiro atoms. The first-order chi connectivity index (χ1) is 12.0. The van der Waals surface area contributed by atoms with E-state index in [1.54, 1.807) is 0 Å². The van der Waals surface area contributed by atoms with E-state index in [2.05, 4.69) is 12.6 Å². The number of Topliss-reactive ketones (excluding diaryl/α,β-unsaturated/α-hetero) is 1. The average Bonchev–Trinajstić information content (AvgIpc) is 3.29. The Hall–Kier alpha value is -1.46. The van der Waals surface area contributed by atoms with Crippen LogP contribution >= 0.6 is 12.6 Å². The van der Waals surface area contributed by atoms with Gasteiger partial charge in [0.2, 0.25) is 5.54 Å². The van der Waals surface area contributed by atoms with E-state index in [9.17, 15) is 14.4 Å². The average molecular weight is 360 g/mol. The zero-order valence-electron chi connectivity index (χ0n) is 14.7.